The molecule has 2 heterocycles. The summed E-state index contributed by atoms with van der Waals surface area (Å²) in [5.74, 6) is -2.16. The summed E-state index contributed by atoms with van der Waals surface area (Å²) in [4.78, 5) is 99.0. The van der Waals surface area contributed by atoms with Crippen molar-refractivity contribution < 1.29 is 43.1 Å². The molecule has 2 aliphatic heterocycles. The summed E-state index contributed by atoms with van der Waals surface area (Å²) in [5, 5.41) is 0.506. The summed E-state index contributed by atoms with van der Waals surface area (Å²) in [6, 6.07) is 6.47. The largest absolute Gasteiger partial charge is 0.459 e. The number of nitrogens with zero attached hydrogens (tertiary/aromatic N) is 5. The number of hydrogen-bond acceptors (Lipinski definition) is 13. The third kappa shape index (κ3) is 14.7. The molecule has 0 saturated carbocycles. The lowest BCUT2D eigenvalue weighted by Gasteiger charge is -2.33. The van der Waals surface area contributed by atoms with Gasteiger partial charge in [0, 0.05) is 71.6 Å². The number of hydrogen-bond donors (Lipinski definition) is 0. The van der Waals surface area contributed by atoms with E-state index in [-0.39, 0.29) is 74.3 Å². The van der Waals surface area contributed by atoms with E-state index in [0.717, 1.165) is 5.56 Å². The summed E-state index contributed by atoms with van der Waals surface area (Å²) in [6.07, 6.45) is 0.727. The molecule has 0 unspecified atom stereocenters. The van der Waals surface area contributed by atoms with Gasteiger partial charge < -0.3 is 9.57 Å². The highest BCUT2D eigenvalue weighted by molar-refractivity contribution is 6.02. The molecule has 2 saturated heterocycles. The fraction of sp³-hybridized carbons (Fsp3) is 0.629. The third-order valence-corrected chi connectivity index (χ3v) is 8.06. The number of carbonyl (C=O) groups is 7. The summed E-state index contributed by atoms with van der Waals surface area (Å²) in [6.45, 7) is 13.7. The third-order valence-electron chi connectivity index (χ3n) is 8.06. The van der Waals surface area contributed by atoms with Crippen molar-refractivity contribution in [2.45, 2.75) is 65.9 Å². The first kappa shape index (κ1) is 39.6. The maximum absolute atomic E-state index is 13.2. The van der Waals surface area contributed by atoms with Crippen LogP contribution in [0.25, 0.3) is 0 Å². The highest BCUT2D eigenvalue weighted by Gasteiger charge is 2.33. The van der Waals surface area contributed by atoms with E-state index in [4.69, 9.17) is 9.57 Å². The molecule has 270 valence electrons. The fourth-order valence-electron chi connectivity index (χ4n) is 5.61. The molecule has 0 radical (unpaired) electrons. The first-order valence-corrected chi connectivity index (χ1v) is 16.9. The maximum atomic E-state index is 13.2. The SMILES string of the molecule is CC(=O)CN1CCN(CC(C)=O)CCN(CC(=O)OC(C)(C)C)CCN(CC(=O)CCc2ccc(C(=O)ON3C(=O)CCC3=O)cc2)CC1. The predicted molar refractivity (Wildman–Crippen MR) is 179 cm³/mol. The molecule has 0 aromatic heterocycles. The van der Waals surface area contributed by atoms with Gasteiger partial charge in [-0.2, -0.15) is 0 Å². The second-order valence-electron chi connectivity index (χ2n) is 13.8. The van der Waals surface area contributed by atoms with Crippen LogP contribution in [0.5, 0.6) is 0 Å². The summed E-state index contributed by atoms with van der Waals surface area (Å²) < 4.78 is 5.57. The molecule has 2 aliphatic rings. The lowest BCUT2D eigenvalue weighted by Crippen LogP contribution is -2.49. The molecule has 2 amide bonds. The van der Waals surface area contributed by atoms with Crippen molar-refractivity contribution >= 4 is 41.1 Å². The van der Waals surface area contributed by atoms with Crippen LogP contribution in [0, 0.1) is 0 Å². The first-order chi connectivity index (χ1) is 23.1. The van der Waals surface area contributed by atoms with Crippen molar-refractivity contribution in [3.05, 3.63) is 35.4 Å². The molecule has 0 bridgehead atoms. The molecule has 2 fully saturated rings. The van der Waals surface area contributed by atoms with E-state index in [1.54, 1.807) is 26.0 Å². The lowest BCUT2D eigenvalue weighted by atomic mass is 10.1. The number of imide groups is 1. The van der Waals surface area contributed by atoms with Crippen molar-refractivity contribution in [2.75, 3.05) is 78.5 Å². The van der Waals surface area contributed by atoms with Crippen LogP contribution in [-0.4, -0.2) is 150 Å². The van der Waals surface area contributed by atoms with Crippen LogP contribution in [0.2, 0.25) is 0 Å². The zero-order valence-electron chi connectivity index (χ0n) is 29.5. The second-order valence-corrected chi connectivity index (χ2v) is 13.8. The van der Waals surface area contributed by atoms with E-state index >= 15 is 0 Å². The topological polar surface area (TPSA) is 154 Å². The molecule has 0 atom stereocenters. The number of aryl methyl sites for hydroxylation is 1. The zero-order chi connectivity index (χ0) is 36.1. The van der Waals surface area contributed by atoms with E-state index in [1.807, 2.05) is 35.5 Å². The lowest BCUT2D eigenvalue weighted by molar-refractivity contribution is -0.172. The monoisotopic (exact) mass is 685 g/mol. The Balaban J connectivity index is 1.63. The van der Waals surface area contributed by atoms with Crippen LogP contribution < -0.4 is 0 Å². The summed E-state index contributed by atoms with van der Waals surface area (Å²) >= 11 is 0. The Labute approximate surface area is 288 Å². The molecule has 14 nitrogen and oxygen atoms in total. The Kier molecular flexibility index (Phi) is 15.2. The Morgan fingerprint density at radius 3 is 1.51 bits per heavy atom. The molecule has 1 aromatic carbocycles. The van der Waals surface area contributed by atoms with Gasteiger partial charge in [-0.15, -0.1) is 5.06 Å². The Morgan fingerprint density at radius 2 is 1.08 bits per heavy atom. The van der Waals surface area contributed by atoms with Crippen molar-refractivity contribution in [3.63, 3.8) is 0 Å². The van der Waals surface area contributed by atoms with Gasteiger partial charge in [0.2, 0.25) is 0 Å². The first-order valence-electron chi connectivity index (χ1n) is 16.9. The van der Waals surface area contributed by atoms with Gasteiger partial charge in [0.15, 0.2) is 0 Å². The minimum atomic E-state index is -0.812. The number of ketones is 3. The summed E-state index contributed by atoms with van der Waals surface area (Å²) in [7, 11) is 0. The maximum Gasteiger partial charge on any atom is 0.363 e. The quantitative estimate of drug-likeness (QED) is 0.216. The molecule has 49 heavy (non-hydrogen) atoms. The molecular weight excluding hydrogens is 634 g/mol. The molecular formula is C35H51N5O9. The van der Waals surface area contributed by atoms with Crippen molar-refractivity contribution in [1.82, 2.24) is 24.7 Å². The van der Waals surface area contributed by atoms with Crippen LogP contribution in [0.15, 0.2) is 24.3 Å². The average molecular weight is 686 g/mol. The second kappa shape index (κ2) is 18.8. The molecule has 14 heteroatoms. The van der Waals surface area contributed by atoms with Crippen LogP contribution in [0.4, 0.5) is 0 Å². The van der Waals surface area contributed by atoms with Gasteiger partial charge in [0.1, 0.15) is 23.0 Å². The standard InChI is InChI=1S/C35H51N5O9/c1-26(41)22-36-14-15-37(23-27(2)42)17-20-39(25-33(46)48-35(3,4)5)21-19-38(18-16-36)24-30(43)11-8-28-6-9-29(10-7-28)34(47)49-40-31(44)12-13-32(40)45/h6-7,9-10H,8,11-25H2,1-5H3. The van der Waals surface area contributed by atoms with E-state index in [0.29, 0.717) is 63.8 Å². The number of ether oxygens (including phenoxy) is 1. The minimum absolute atomic E-state index is 0.0124. The fourth-order valence-corrected chi connectivity index (χ4v) is 5.61. The highest BCUT2D eigenvalue weighted by Crippen LogP contribution is 2.15. The normalized spacial score (nSPS) is 18.1. The zero-order valence-corrected chi connectivity index (χ0v) is 29.5. The number of rotatable bonds is 13. The van der Waals surface area contributed by atoms with E-state index in [2.05, 4.69) is 4.90 Å². The highest BCUT2D eigenvalue weighted by atomic mass is 16.7. The van der Waals surface area contributed by atoms with Crippen LogP contribution in [0.1, 0.15) is 69.8 Å². The number of amides is 2. The Hall–Kier alpha value is -3.85. The predicted octanol–water partition coefficient (Wildman–Crippen LogP) is 1.15. The van der Waals surface area contributed by atoms with Crippen LogP contribution >= 0.6 is 0 Å². The average Bonchev–Trinajstić information content (AvgIpc) is 3.32. The minimum Gasteiger partial charge on any atom is -0.459 e. The van der Waals surface area contributed by atoms with Gasteiger partial charge >= 0.3 is 11.9 Å². The Morgan fingerprint density at radius 1 is 0.653 bits per heavy atom. The molecule has 0 N–H and O–H groups in total. The van der Waals surface area contributed by atoms with Crippen molar-refractivity contribution in [2.24, 2.45) is 0 Å². The van der Waals surface area contributed by atoms with E-state index in [9.17, 15) is 33.6 Å². The number of benzene rings is 1. The molecule has 3 rings (SSSR count). The van der Waals surface area contributed by atoms with Crippen LogP contribution in [0.3, 0.4) is 0 Å². The Bertz CT molecular complexity index is 1340. The van der Waals surface area contributed by atoms with Gasteiger partial charge in [-0.1, -0.05) is 12.1 Å². The molecule has 0 spiro atoms. The number of hydroxylamine groups is 2. The molecule has 1 aromatic rings. The van der Waals surface area contributed by atoms with Gasteiger partial charge in [0.25, 0.3) is 11.8 Å². The molecule has 0 aliphatic carbocycles. The van der Waals surface area contributed by atoms with E-state index < -0.39 is 23.4 Å². The van der Waals surface area contributed by atoms with Gasteiger partial charge in [-0.3, -0.25) is 48.4 Å². The number of esters is 1. The van der Waals surface area contributed by atoms with Gasteiger partial charge in [-0.05, 0) is 58.7 Å². The smallest absolute Gasteiger partial charge is 0.363 e. The number of carbonyl (C=O) groups excluding carboxylic acids is 7. The summed E-state index contributed by atoms with van der Waals surface area (Å²) in [5.41, 5.74) is 0.386. The van der Waals surface area contributed by atoms with Crippen molar-refractivity contribution in [1.29, 1.82) is 0 Å². The van der Waals surface area contributed by atoms with Crippen LogP contribution in [-0.2, 0) is 44.8 Å². The van der Waals surface area contributed by atoms with Gasteiger partial charge in [0.05, 0.1) is 31.7 Å². The van der Waals surface area contributed by atoms with E-state index in [1.165, 1.54) is 12.1 Å². The number of Topliss-reactive ketones (excluding diaryl/α,β-unsaturated/α-hetero) is 3. The van der Waals surface area contributed by atoms with Gasteiger partial charge in [-0.25, -0.2) is 4.79 Å². The van der Waals surface area contributed by atoms with Crippen molar-refractivity contribution in [3.8, 4) is 0 Å².